The number of anilines is 1. The molecule has 0 unspecified atom stereocenters. The number of rotatable bonds is 4. The molecular formula is C18H22N4O3. The van der Waals surface area contributed by atoms with Crippen LogP contribution in [0.4, 0.5) is 5.82 Å². The average molecular weight is 342 g/mol. The van der Waals surface area contributed by atoms with E-state index < -0.39 is 5.97 Å². The Morgan fingerprint density at radius 2 is 1.88 bits per heavy atom. The summed E-state index contributed by atoms with van der Waals surface area (Å²) in [4.78, 5) is 19.0. The predicted molar refractivity (Wildman–Crippen MR) is 93.4 cm³/mol. The zero-order chi connectivity index (χ0) is 17.8. The van der Waals surface area contributed by atoms with E-state index in [4.69, 9.17) is 9.47 Å². The quantitative estimate of drug-likeness (QED) is 0.789. The molecule has 0 saturated carbocycles. The van der Waals surface area contributed by atoms with Crippen molar-refractivity contribution in [3.8, 4) is 11.4 Å². The van der Waals surface area contributed by atoms with E-state index in [1.165, 1.54) is 0 Å². The summed E-state index contributed by atoms with van der Waals surface area (Å²) < 4.78 is 10.9. The maximum Gasteiger partial charge on any atom is 0.362 e. The van der Waals surface area contributed by atoms with Crippen molar-refractivity contribution in [3.05, 3.63) is 36.0 Å². The molecule has 3 rings (SSSR count). The number of hydrogen-bond acceptors (Lipinski definition) is 7. The fourth-order valence-electron chi connectivity index (χ4n) is 2.93. The highest BCUT2D eigenvalue weighted by Gasteiger charge is 2.29. The summed E-state index contributed by atoms with van der Waals surface area (Å²) in [5, 5.41) is 8.26. The third kappa shape index (κ3) is 3.93. The normalized spacial score (nSPS) is 20.4. The van der Waals surface area contributed by atoms with Crippen molar-refractivity contribution in [2.75, 3.05) is 24.6 Å². The van der Waals surface area contributed by atoms with Gasteiger partial charge in [-0.2, -0.15) is 0 Å². The first-order chi connectivity index (χ1) is 12.1. The van der Waals surface area contributed by atoms with Crippen molar-refractivity contribution < 1.29 is 14.3 Å². The minimum absolute atomic E-state index is 0.0361. The van der Waals surface area contributed by atoms with Crippen LogP contribution in [-0.4, -0.2) is 53.1 Å². The molecule has 1 aromatic heterocycles. The zero-order valence-corrected chi connectivity index (χ0v) is 14.7. The topological polar surface area (TPSA) is 77.4 Å². The van der Waals surface area contributed by atoms with Gasteiger partial charge in [-0.25, -0.2) is 9.78 Å². The van der Waals surface area contributed by atoms with Crippen molar-refractivity contribution in [3.63, 3.8) is 0 Å². The number of hydrogen-bond donors (Lipinski definition) is 0. The van der Waals surface area contributed by atoms with Gasteiger partial charge in [0.05, 0.1) is 18.8 Å². The van der Waals surface area contributed by atoms with E-state index in [-0.39, 0.29) is 24.5 Å². The first-order valence-electron chi connectivity index (χ1n) is 8.46. The van der Waals surface area contributed by atoms with Gasteiger partial charge in [-0.1, -0.05) is 30.3 Å². The van der Waals surface area contributed by atoms with Crippen molar-refractivity contribution in [1.29, 1.82) is 0 Å². The minimum atomic E-state index is -0.510. The van der Waals surface area contributed by atoms with E-state index >= 15 is 0 Å². The summed E-state index contributed by atoms with van der Waals surface area (Å²) in [6.45, 7) is 7.29. The van der Waals surface area contributed by atoms with Crippen molar-refractivity contribution in [1.82, 2.24) is 15.2 Å². The van der Waals surface area contributed by atoms with E-state index in [1.807, 2.05) is 49.1 Å². The van der Waals surface area contributed by atoms with Crippen LogP contribution < -0.4 is 4.90 Å². The van der Waals surface area contributed by atoms with E-state index in [1.54, 1.807) is 6.92 Å². The lowest BCUT2D eigenvalue weighted by atomic mass is 10.2. The Kier molecular flexibility index (Phi) is 5.23. The highest BCUT2D eigenvalue weighted by atomic mass is 16.5. The average Bonchev–Trinajstić information content (AvgIpc) is 2.61. The molecule has 0 aliphatic carbocycles. The fraction of sp³-hybridized carbons (Fsp3) is 0.444. The molecule has 0 N–H and O–H groups in total. The van der Waals surface area contributed by atoms with Crippen LogP contribution >= 0.6 is 0 Å². The van der Waals surface area contributed by atoms with E-state index in [2.05, 4.69) is 15.2 Å². The van der Waals surface area contributed by atoms with Gasteiger partial charge in [0.25, 0.3) is 0 Å². The van der Waals surface area contributed by atoms with Crippen LogP contribution in [0, 0.1) is 0 Å². The first kappa shape index (κ1) is 17.3. The summed E-state index contributed by atoms with van der Waals surface area (Å²) >= 11 is 0. The molecule has 1 fully saturated rings. The Bertz CT molecular complexity index is 728. The lowest BCUT2D eigenvalue weighted by molar-refractivity contribution is -0.00564. The van der Waals surface area contributed by atoms with Gasteiger partial charge < -0.3 is 14.4 Å². The smallest absolute Gasteiger partial charge is 0.362 e. The molecule has 7 heteroatoms. The summed E-state index contributed by atoms with van der Waals surface area (Å²) in [6.07, 6.45) is 0.0721. The molecule has 1 aliphatic heterocycles. The summed E-state index contributed by atoms with van der Waals surface area (Å²) in [6, 6.07) is 9.58. The Hall–Kier alpha value is -2.54. The van der Waals surface area contributed by atoms with Crippen LogP contribution in [0.25, 0.3) is 11.4 Å². The third-order valence-electron chi connectivity index (χ3n) is 3.89. The molecule has 25 heavy (non-hydrogen) atoms. The maximum atomic E-state index is 12.3. The second kappa shape index (κ2) is 7.57. The number of carbonyl (C=O) groups is 1. The van der Waals surface area contributed by atoms with Crippen LogP contribution in [0.3, 0.4) is 0 Å². The number of benzene rings is 1. The Labute approximate surface area is 147 Å². The number of nitrogens with zero attached hydrogens (tertiary/aromatic N) is 4. The van der Waals surface area contributed by atoms with Crippen LogP contribution in [0.2, 0.25) is 0 Å². The molecule has 1 aliphatic rings. The molecule has 0 radical (unpaired) electrons. The van der Waals surface area contributed by atoms with Crippen LogP contribution in [0.15, 0.2) is 30.3 Å². The Balaban J connectivity index is 2.03. The van der Waals surface area contributed by atoms with Gasteiger partial charge in [-0.05, 0) is 20.8 Å². The third-order valence-corrected chi connectivity index (χ3v) is 3.89. The molecule has 2 atom stereocenters. The predicted octanol–water partition coefficient (Wildman–Crippen LogP) is 2.33. The van der Waals surface area contributed by atoms with Crippen LogP contribution in [0.1, 0.15) is 31.3 Å². The van der Waals surface area contributed by atoms with Crippen LogP contribution in [-0.2, 0) is 9.47 Å². The summed E-state index contributed by atoms with van der Waals surface area (Å²) in [5.74, 6) is 0.466. The SMILES string of the molecule is CCOC(=O)c1nnc(-c2ccccc2)nc1N1C[C@@H](C)O[C@@H](C)C1. The molecular weight excluding hydrogens is 320 g/mol. The van der Waals surface area contributed by atoms with Gasteiger partial charge >= 0.3 is 5.97 Å². The first-order valence-corrected chi connectivity index (χ1v) is 8.46. The van der Waals surface area contributed by atoms with Gasteiger partial charge in [-0.15, -0.1) is 10.2 Å². The number of carbonyl (C=O) groups excluding carboxylic acids is 1. The Morgan fingerprint density at radius 1 is 1.20 bits per heavy atom. The molecule has 0 spiro atoms. The lowest BCUT2D eigenvalue weighted by Crippen LogP contribution is -2.46. The second-order valence-electron chi connectivity index (χ2n) is 6.06. The molecule has 132 valence electrons. The number of aromatic nitrogens is 3. The number of ether oxygens (including phenoxy) is 2. The van der Waals surface area contributed by atoms with Crippen molar-refractivity contribution in [2.45, 2.75) is 33.0 Å². The molecule has 2 heterocycles. The van der Waals surface area contributed by atoms with Gasteiger partial charge in [0.2, 0.25) is 5.69 Å². The molecule has 0 amide bonds. The molecule has 0 bridgehead atoms. The summed E-state index contributed by atoms with van der Waals surface area (Å²) in [7, 11) is 0. The van der Waals surface area contributed by atoms with Gasteiger partial charge in [-0.3, -0.25) is 0 Å². The van der Waals surface area contributed by atoms with Crippen molar-refractivity contribution in [2.24, 2.45) is 0 Å². The maximum absolute atomic E-state index is 12.3. The second-order valence-corrected chi connectivity index (χ2v) is 6.06. The monoisotopic (exact) mass is 342 g/mol. The largest absolute Gasteiger partial charge is 0.461 e. The molecule has 1 aromatic carbocycles. The zero-order valence-electron chi connectivity index (χ0n) is 14.7. The van der Waals surface area contributed by atoms with E-state index in [0.29, 0.717) is 24.7 Å². The minimum Gasteiger partial charge on any atom is -0.461 e. The van der Waals surface area contributed by atoms with Gasteiger partial charge in [0.15, 0.2) is 11.6 Å². The van der Waals surface area contributed by atoms with Crippen LogP contribution in [0.5, 0.6) is 0 Å². The fourth-order valence-corrected chi connectivity index (χ4v) is 2.93. The van der Waals surface area contributed by atoms with Gasteiger partial charge in [0, 0.05) is 18.7 Å². The Morgan fingerprint density at radius 3 is 2.52 bits per heavy atom. The number of esters is 1. The highest BCUT2D eigenvalue weighted by Crippen LogP contribution is 2.24. The molecule has 2 aromatic rings. The summed E-state index contributed by atoms with van der Waals surface area (Å²) in [5.41, 5.74) is 0.990. The van der Waals surface area contributed by atoms with Crippen molar-refractivity contribution >= 4 is 11.8 Å². The molecule has 7 nitrogen and oxygen atoms in total. The van der Waals surface area contributed by atoms with Gasteiger partial charge in [0.1, 0.15) is 0 Å². The van der Waals surface area contributed by atoms with E-state index in [9.17, 15) is 4.79 Å². The standard InChI is InChI=1S/C18H22N4O3/c1-4-24-18(23)15-17(22-10-12(2)25-13(3)11-22)19-16(21-20-15)14-8-6-5-7-9-14/h5-9,12-13H,4,10-11H2,1-3H3/t12-,13+. The molecule has 1 saturated heterocycles. The lowest BCUT2D eigenvalue weighted by Gasteiger charge is -2.36. The van der Waals surface area contributed by atoms with E-state index in [0.717, 1.165) is 5.56 Å². The number of morpholine rings is 1. The highest BCUT2D eigenvalue weighted by molar-refractivity contribution is 5.92.